The van der Waals surface area contributed by atoms with Gasteiger partial charge in [0.1, 0.15) is 0 Å². The number of anilines is 1. The minimum Gasteiger partial charge on any atom is -0.355 e. The fourth-order valence-electron chi connectivity index (χ4n) is 2.04. The Morgan fingerprint density at radius 2 is 2.00 bits per heavy atom. The zero-order valence-corrected chi connectivity index (χ0v) is 12.7. The van der Waals surface area contributed by atoms with Gasteiger partial charge in [0.25, 0.3) is 5.91 Å². The van der Waals surface area contributed by atoms with E-state index in [1.165, 1.54) is 0 Å². The lowest BCUT2D eigenvalue weighted by Crippen LogP contribution is -2.19. The molecule has 1 aromatic heterocycles. The third-order valence-corrected chi connectivity index (χ3v) is 3.34. The fourth-order valence-corrected chi connectivity index (χ4v) is 2.04. The smallest absolute Gasteiger partial charge is 0.251 e. The average molecular weight is 297 g/mol. The Hall–Kier alpha value is -2.69. The van der Waals surface area contributed by atoms with Crippen molar-refractivity contribution in [3.63, 3.8) is 0 Å². The van der Waals surface area contributed by atoms with E-state index in [1.54, 1.807) is 25.4 Å². The monoisotopic (exact) mass is 297 g/mol. The highest BCUT2D eigenvalue weighted by molar-refractivity contribution is 5.97. The van der Waals surface area contributed by atoms with Crippen molar-refractivity contribution < 1.29 is 9.59 Å². The Kier molecular flexibility index (Phi) is 5.25. The van der Waals surface area contributed by atoms with Crippen molar-refractivity contribution in [3.8, 4) is 0 Å². The molecule has 0 fully saturated rings. The van der Waals surface area contributed by atoms with Gasteiger partial charge in [-0.2, -0.15) is 0 Å². The van der Waals surface area contributed by atoms with E-state index in [2.05, 4.69) is 15.6 Å². The number of rotatable bonds is 5. The highest BCUT2D eigenvalue weighted by atomic mass is 16.2. The number of benzene rings is 1. The number of pyridine rings is 1. The van der Waals surface area contributed by atoms with Gasteiger partial charge in [0.2, 0.25) is 5.91 Å². The molecule has 5 heteroatoms. The van der Waals surface area contributed by atoms with Crippen LogP contribution in [0.25, 0.3) is 0 Å². The van der Waals surface area contributed by atoms with Crippen molar-refractivity contribution in [1.29, 1.82) is 0 Å². The molecule has 22 heavy (non-hydrogen) atoms. The van der Waals surface area contributed by atoms with Crippen LogP contribution in [0.1, 0.15) is 28.0 Å². The van der Waals surface area contributed by atoms with Gasteiger partial charge in [0.05, 0.1) is 0 Å². The molecule has 0 spiro atoms. The second kappa shape index (κ2) is 7.36. The number of carbonyl (C=O) groups is 2. The molecule has 0 atom stereocenters. The largest absolute Gasteiger partial charge is 0.355 e. The lowest BCUT2D eigenvalue weighted by Gasteiger charge is -2.10. The number of hydrogen-bond donors (Lipinski definition) is 2. The van der Waals surface area contributed by atoms with E-state index in [-0.39, 0.29) is 11.8 Å². The molecular formula is C17H19N3O2. The topological polar surface area (TPSA) is 71.1 Å². The van der Waals surface area contributed by atoms with Crippen LogP contribution in [-0.2, 0) is 11.2 Å². The number of amides is 2. The predicted molar refractivity (Wildman–Crippen MR) is 85.8 cm³/mol. The molecule has 0 saturated carbocycles. The van der Waals surface area contributed by atoms with Crippen LogP contribution in [0.3, 0.4) is 0 Å². The number of nitrogens with zero attached hydrogens (tertiary/aromatic N) is 1. The first-order chi connectivity index (χ1) is 10.6. The molecule has 1 heterocycles. The Labute approximate surface area is 129 Å². The molecule has 0 aliphatic rings. The molecule has 0 unspecified atom stereocenters. The molecule has 2 aromatic rings. The standard InChI is InChI=1S/C17H19N3O2/c1-12-6-7-13(17(22)18-2)11-15(12)20-16(21)9-8-14-5-3-4-10-19-14/h3-7,10-11H,8-9H2,1-2H3,(H,18,22)(H,20,21). The summed E-state index contributed by atoms with van der Waals surface area (Å²) in [4.78, 5) is 27.9. The summed E-state index contributed by atoms with van der Waals surface area (Å²) in [5, 5.41) is 5.42. The van der Waals surface area contributed by atoms with Crippen molar-refractivity contribution in [2.24, 2.45) is 0 Å². The van der Waals surface area contributed by atoms with Crippen LogP contribution < -0.4 is 10.6 Å². The van der Waals surface area contributed by atoms with E-state index in [1.807, 2.05) is 31.2 Å². The number of hydrogen-bond acceptors (Lipinski definition) is 3. The maximum absolute atomic E-state index is 12.0. The van der Waals surface area contributed by atoms with Gasteiger partial charge < -0.3 is 10.6 Å². The number of nitrogens with one attached hydrogen (secondary N) is 2. The molecule has 0 bridgehead atoms. The summed E-state index contributed by atoms with van der Waals surface area (Å²) in [6.45, 7) is 1.89. The normalized spacial score (nSPS) is 10.1. The van der Waals surface area contributed by atoms with Gasteiger partial charge in [-0.3, -0.25) is 14.6 Å². The second-order valence-corrected chi connectivity index (χ2v) is 4.98. The van der Waals surface area contributed by atoms with E-state index in [0.29, 0.717) is 24.1 Å². The third kappa shape index (κ3) is 4.15. The first kappa shape index (κ1) is 15.7. The molecule has 114 valence electrons. The van der Waals surface area contributed by atoms with Crippen molar-refractivity contribution >= 4 is 17.5 Å². The van der Waals surface area contributed by atoms with Gasteiger partial charge in [-0.15, -0.1) is 0 Å². The van der Waals surface area contributed by atoms with Gasteiger partial charge in [0.15, 0.2) is 0 Å². The van der Waals surface area contributed by atoms with Crippen LogP contribution in [0, 0.1) is 6.92 Å². The molecule has 0 aliphatic carbocycles. The van der Waals surface area contributed by atoms with Crippen LogP contribution in [0.4, 0.5) is 5.69 Å². The molecule has 2 rings (SSSR count). The molecule has 2 amide bonds. The maximum atomic E-state index is 12.0. The molecule has 0 aliphatic heterocycles. The van der Waals surface area contributed by atoms with Crippen molar-refractivity contribution in [2.45, 2.75) is 19.8 Å². The van der Waals surface area contributed by atoms with Gasteiger partial charge in [-0.1, -0.05) is 12.1 Å². The summed E-state index contributed by atoms with van der Waals surface area (Å²) >= 11 is 0. The highest BCUT2D eigenvalue weighted by Crippen LogP contribution is 2.17. The molecule has 0 radical (unpaired) electrons. The van der Waals surface area contributed by atoms with Gasteiger partial charge in [-0.25, -0.2) is 0 Å². The summed E-state index contributed by atoms with van der Waals surface area (Å²) in [7, 11) is 1.58. The molecule has 2 N–H and O–H groups in total. The van der Waals surface area contributed by atoms with E-state index < -0.39 is 0 Å². The van der Waals surface area contributed by atoms with E-state index in [4.69, 9.17) is 0 Å². The SMILES string of the molecule is CNC(=O)c1ccc(C)c(NC(=O)CCc2ccccn2)c1. The predicted octanol–water partition coefficient (Wildman–Crippen LogP) is 2.32. The highest BCUT2D eigenvalue weighted by Gasteiger charge is 2.09. The molecular weight excluding hydrogens is 278 g/mol. The summed E-state index contributed by atoms with van der Waals surface area (Å²) < 4.78 is 0. The lowest BCUT2D eigenvalue weighted by molar-refractivity contribution is -0.116. The van der Waals surface area contributed by atoms with Crippen molar-refractivity contribution in [2.75, 3.05) is 12.4 Å². The Balaban J connectivity index is 2.00. The molecule has 0 saturated heterocycles. The number of aromatic nitrogens is 1. The lowest BCUT2D eigenvalue weighted by atomic mass is 10.1. The van der Waals surface area contributed by atoms with E-state index in [9.17, 15) is 9.59 Å². The number of aryl methyl sites for hydroxylation is 2. The van der Waals surface area contributed by atoms with Crippen LogP contribution >= 0.6 is 0 Å². The van der Waals surface area contributed by atoms with Crippen molar-refractivity contribution in [3.05, 3.63) is 59.4 Å². The zero-order valence-electron chi connectivity index (χ0n) is 12.7. The third-order valence-electron chi connectivity index (χ3n) is 3.34. The minimum absolute atomic E-state index is 0.0946. The van der Waals surface area contributed by atoms with Gasteiger partial charge in [-0.05, 0) is 43.2 Å². The fraction of sp³-hybridized carbons (Fsp3) is 0.235. The average Bonchev–Trinajstić information content (AvgIpc) is 2.55. The first-order valence-electron chi connectivity index (χ1n) is 7.12. The van der Waals surface area contributed by atoms with E-state index in [0.717, 1.165) is 11.3 Å². The first-order valence-corrected chi connectivity index (χ1v) is 7.12. The zero-order chi connectivity index (χ0) is 15.9. The molecule has 5 nitrogen and oxygen atoms in total. The summed E-state index contributed by atoms with van der Waals surface area (Å²) in [6, 6.07) is 10.9. The Morgan fingerprint density at radius 3 is 2.68 bits per heavy atom. The Morgan fingerprint density at radius 1 is 1.18 bits per heavy atom. The van der Waals surface area contributed by atoms with Crippen LogP contribution in [0.5, 0.6) is 0 Å². The summed E-state index contributed by atoms with van der Waals surface area (Å²) in [5.74, 6) is -0.271. The van der Waals surface area contributed by atoms with Crippen LogP contribution in [0.2, 0.25) is 0 Å². The molecule has 1 aromatic carbocycles. The number of carbonyl (C=O) groups excluding carboxylic acids is 2. The van der Waals surface area contributed by atoms with Gasteiger partial charge in [0, 0.05) is 36.6 Å². The summed E-state index contributed by atoms with van der Waals surface area (Å²) in [6.07, 6.45) is 2.64. The minimum atomic E-state index is -0.177. The van der Waals surface area contributed by atoms with Crippen LogP contribution in [-0.4, -0.2) is 23.8 Å². The van der Waals surface area contributed by atoms with Crippen molar-refractivity contribution in [1.82, 2.24) is 10.3 Å². The van der Waals surface area contributed by atoms with Crippen LogP contribution in [0.15, 0.2) is 42.6 Å². The summed E-state index contributed by atoms with van der Waals surface area (Å²) in [5.41, 5.74) is 2.98. The van der Waals surface area contributed by atoms with Gasteiger partial charge >= 0.3 is 0 Å². The quantitative estimate of drug-likeness (QED) is 0.889. The second-order valence-electron chi connectivity index (χ2n) is 4.98. The maximum Gasteiger partial charge on any atom is 0.251 e. The van der Waals surface area contributed by atoms with E-state index >= 15 is 0 Å². The Bertz CT molecular complexity index is 669.